The van der Waals surface area contributed by atoms with Crippen molar-refractivity contribution >= 4 is 10.4 Å². The Labute approximate surface area is 145 Å². The van der Waals surface area contributed by atoms with Crippen LogP contribution < -0.4 is 11.2 Å². The van der Waals surface area contributed by atoms with Crippen LogP contribution in [0, 0.1) is 5.41 Å². The van der Waals surface area contributed by atoms with E-state index in [-0.39, 0.29) is 4.57 Å². The maximum Gasteiger partial charge on any atom is 0.397 e. The second kappa shape index (κ2) is 7.98. The van der Waals surface area contributed by atoms with Crippen molar-refractivity contribution in [1.29, 1.82) is 5.41 Å². The zero-order chi connectivity index (χ0) is 23.7. The summed E-state index contributed by atoms with van der Waals surface area (Å²) in [5, 5.41) is 36.0. The van der Waals surface area contributed by atoms with Crippen LogP contribution in [0.4, 0.5) is 0 Å². The number of aliphatic hydroxyl groups is 3. The highest BCUT2D eigenvalue weighted by atomic mass is 32.3. The average Bonchev–Trinajstić information content (AvgIpc) is 2.79. The van der Waals surface area contributed by atoms with E-state index in [0.29, 0.717) is 0 Å². The van der Waals surface area contributed by atoms with E-state index in [1.807, 2.05) is 0 Å². The first-order chi connectivity index (χ1) is 13.4. The van der Waals surface area contributed by atoms with Gasteiger partial charge >= 0.3 is 16.1 Å². The lowest BCUT2D eigenvalue weighted by atomic mass is 10.1. The van der Waals surface area contributed by atoms with Gasteiger partial charge in [0.15, 0.2) is 6.23 Å². The predicted molar refractivity (Wildman–Crippen MR) is 77.1 cm³/mol. The fourth-order valence-electron chi connectivity index (χ4n) is 1.81. The molecule has 0 saturated carbocycles. The van der Waals surface area contributed by atoms with Crippen molar-refractivity contribution in [1.82, 2.24) is 9.13 Å². The van der Waals surface area contributed by atoms with Gasteiger partial charge in [0.2, 0.25) is 0 Å². The minimum Gasteiger partial charge on any atom is -0.394 e. The highest BCUT2D eigenvalue weighted by molar-refractivity contribution is 7.80. The first kappa shape index (κ1) is 12.7. The van der Waals surface area contributed by atoms with E-state index < -0.39 is 66.7 Å². The van der Waals surface area contributed by atoms with Crippen LogP contribution in [0.2, 0.25) is 0 Å². The molecule has 2 heterocycles. The fourth-order valence-corrected chi connectivity index (χ4v) is 1.81. The average molecular weight is 375 g/mol. The normalized spacial score (nSPS) is 31.5. The lowest BCUT2D eigenvalue weighted by molar-refractivity contribution is -0.0555. The molecule has 0 unspecified atom stereocenters. The van der Waals surface area contributed by atoms with Gasteiger partial charge in [-0.3, -0.25) is 23.3 Å². The van der Waals surface area contributed by atoms with Crippen LogP contribution in [0.25, 0.3) is 0 Å². The van der Waals surface area contributed by atoms with E-state index in [9.17, 15) is 23.4 Å². The van der Waals surface area contributed by atoms with E-state index in [1.165, 1.54) is 0 Å². The van der Waals surface area contributed by atoms with Crippen LogP contribution in [0.1, 0.15) is 14.5 Å². The zero-order valence-corrected chi connectivity index (χ0v) is 12.6. The van der Waals surface area contributed by atoms with Gasteiger partial charge in [-0.05, 0) is 6.07 Å². The summed E-state index contributed by atoms with van der Waals surface area (Å²) in [5.74, 6) is 0. The van der Waals surface area contributed by atoms with Gasteiger partial charge in [0.1, 0.15) is 23.8 Å². The smallest absolute Gasteiger partial charge is 0.394 e. The van der Waals surface area contributed by atoms with Crippen molar-refractivity contribution < 1.29 is 45.4 Å². The Hall–Kier alpha value is -1.61. The molecule has 5 N–H and O–H groups in total. The van der Waals surface area contributed by atoms with Gasteiger partial charge in [0, 0.05) is 17.3 Å². The Morgan fingerprint density at radius 2 is 2.12 bits per heavy atom. The highest BCUT2D eigenvalue weighted by Crippen LogP contribution is 2.27. The number of rotatable bonds is 3. The quantitative estimate of drug-likeness (QED) is 0.338. The molecule has 138 valence electrons. The van der Waals surface area contributed by atoms with Crippen LogP contribution in [0.5, 0.6) is 0 Å². The second-order valence-electron chi connectivity index (χ2n) is 4.47. The van der Waals surface area contributed by atoms with Crippen LogP contribution in [0.15, 0.2) is 17.1 Å². The Bertz CT molecular complexity index is 957. The monoisotopic (exact) mass is 375 g/mol. The molecule has 0 amide bonds. The van der Waals surface area contributed by atoms with Gasteiger partial charge in [-0.2, -0.15) is 8.42 Å². The third-order valence-corrected chi connectivity index (χ3v) is 3.15. The molecule has 1 aromatic rings. The van der Waals surface area contributed by atoms with Gasteiger partial charge < -0.3 is 20.1 Å². The number of aliphatic hydroxyl groups excluding tert-OH is 3. The summed E-state index contributed by atoms with van der Waals surface area (Å²) in [6, 6.07) is 1.06. The van der Waals surface area contributed by atoms with Crippen molar-refractivity contribution in [2.75, 3.05) is 13.6 Å². The Morgan fingerprint density at radius 3 is 2.54 bits per heavy atom. The molecular formula is C11H19N3O9S. The molecule has 0 bridgehead atoms. The Balaban J connectivity index is 0.000000424. The first-order valence-electron chi connectivity index (χ1n) is 9.09. The summed E-state index contributed by atoms with van der Waals surface area (Å²) in [6.45, 7) is -3.44. The molecule has 1 aliphatic rings. The predicted octanol–water partition coefficient (Wildman–Crippen LogP) is -3.29. The molecule has 1 saturated heterocycles. The largest absolute Gasteiger partial charge is 0.397 e. The van der Waals surface area contributed by atoms with Crippen molar-refractivity contribution in [2.45, 2.75) is 24.5 Å². The Kier molecular flexibility index (Phi) is 4.22. The molecule has 1 aliphatic heterocycles. The summed E-state index contributed by atoms with van der Waals surface area (Å²) in [7, 11) is -7.95. The van der Waals surface area contributed by atoms with E-state index in [4.69, 9.17) is 28.0 Å². The highest BCUT2D eigenvalue weighted by Gasteiger charge is 2.43. The zero-order valence-electron chi connectivity index (χ0n) is 17.8. The van der Waals surface area contributed by atoms with Crippen LogP contribution >= 0.6 is 0 Å². The third-order valence-electron chi connectivity index (χ3n) is 2.94. The number of ether oxygens (including phenoxy) is 1. The summed E-state index contributed by atoms with van der Waals surface area (Å²) in [6.07, 6.45) is -4.27. The molecule has 0 aromatic carbocycles. The van der Waals surface area contributed by atoms with E-state index in [2.05, 4.69) is 4.18 Å². The van der Waals surface area contributed by atoms with Crippen molar-refractivity contribution in [2.24, 2.45) is 6.98 Å². The molecule has 24 heavy (non-hydrogen) atoms. The molecule has 13 heteroatoms. The minimum atomic E-state index is -4.84. The fraction of sp³-hybridized carbons (Fsp3) is 0.636. The van der Waals surface area contributed by atoms with Crippen LogP contribution in [-0.2, 0) is 26.3 Å². The molecular weight excluding hydrogens is 350 g/mol. The molecule has 0 aliphatic carbocycles. The summed E-state index contributed by atoms with van der Waals surface area (Å²) >= 11 is 0. The van der Waals surface area contributed by atoms with E-state index in [1.54, 1.807) is 0 Å². The maximum atomic E-state index is 12.2. The summed E-state index contributed by atoms with van der Waals surface area (Å²) < 4.78 is 76.6. The standard InChI is InChI=1S/C10H15N3O5.CH4O4S/c1-12-6(11)2-3-13(10(12)17)9-8(16)7(15)5(4-14)18-9;1-5-6(2,3)4/h2-3,5,7-9,11,14-16H,4H2,1H3;1H3,(H,2,3,4)/t5-,7+,8+,9-;/m1./s1/i2*1D3. The molecule has 0 radical (unpaired) electrons. The van der Waals surface area contributed by atoms with Gasteiger partial charge in [0.05, 0.1) is 17.8 Å². The molecule has 1 aromatic heterocycles. The number of hydrogen-bond donors (Lipinski definition) is 5. The number of nitrogens with one attached hydrogen (secondary N) is 1. The SMILES string of the molecule is [2H]C([2H])([2H])OS(=O)(=O)O.[2H]C([2H])([2H])n1c(=N)ccn([C@@H]2O[C@H](CO)[C@H](O)[C@@H]2O)c1=O. The van der Waals surface area contributed by atoms with E-state index in [0.717, 1.165) is 16.8 Å². The summed E-state index contributed by atoms with van der Waals surface area (Å²) in [4.78, 5) is 12.2. The molecule has 2 rings (SSSR count). The van der Waals surface area contributed by atoms with Gasteiger partial charge in [0.25, 0.3) is 0 Å². The van der Waals surface area contributed by atoms with E-state index >= 15 is 0 Å². The topological polar surface area (TPSA) is 184 Å². The number of nitrogens with zero attached hydrogens (tertiary/aromatic N) is 2. The lowest BCUT2D eigenvalue weighted by Gasteiger charge is -2.18. The van der Waals surface area contributed by atoms with Gasteiger partial charge in [-0.15, -0.1) is 0 Å². The number of aromatic nitrogens is 2. The molecule has 12 nitrogen and oxygen atoms in total. The first-order valence-corrected chi connectivity index (χ1v) is 7.45. The van der Waals surface area contributed by atoms with Crippen molar-refractivity contribution in [3.05, 3.63) is 28.2 Å². The molecule has 1 fully saturated rings. The molecule has 0 spiro atoms. The third kappa shape index (κ3) is 4.70. The lowest BCUT2D eigenvalue weighted by Crippen LogP contribution is -2.41. The second-order valence-corrected chi connectivity index (χ2v) is 5.49. The summed E-state index contributed by atoms with van der Waals surface area (Å²) in [5.41, 5.74) is -1.61. The van der Waals surface area contributed by atoms with Crippen molar-refractivity contribution in [3.63, 3.8) is 0 Å². The van der Waals surface area contributed by atoms with Gasteiger partial charge in [-0.1, -0.05) is 0 Å². The van der Waals surface area contributed by atoms with Crippen molar-refractivity contribution in [3.8, 4) is 0 Å². The van der Waals surface area contributed by atoms with Gasteiger partial charge in [-0.25, -0.2) is 4.79 Å². The minimum absolute atomic E-state index is 0.266. The maximum absolute atomic E-state index is 12.2. The Morgan fingerprint density at radius 1 is 1.46 bits per heavy atom. The van der Waals surface area contributed by atoms with Crippen LogP contribution in [-0.4, -0.2) is 69.4 Å². The number of hydrogen-bond acceptors (Lipinski definition) is 9. The molecule has 4 atom stereocenters. The van der Waals surface area contributed by atoms with Crippen LogP contribution in [0.3, 0.4) is 0 Å².